The Bertz CT molecular complexity index is 823. The van der Waals surface area contributed by atoms with E-state index in [9.17, 15) is 4.79 Å². The molecule has 5 heteroatoms. The first kappa shape index (κ1) is 16.2. The Hall–Kier alpha value is -2.66. The van der Waals surface area contributed by atoms with Crippen molar-refractivity contribution in [3.05, 3.63) is 70.7 Å². The smallest absolute Gasteiger partial charge is 0.355 e. The van der Waals surface area contributed by atoms with Crippen LogP contribution < -0.4 is 4.74 Å². The van der Waals surface area contributed by atoms with Gasteiger partial charge in [-0.25, -0.2) is 9.78 Å². The van der Waals surface area contributed by atoms with Crippen molar-refractivity contribution in [2.75, 3.05) is 0 Å². The molecular weight excluding hydrogens is 322 g/mol. The minimum absolute atomic E-state index is 0.0814. The van der Waals surface area contributed by atoms with Crippen LogP contribution in [0.25, 0.3) is 10.6 Å². The lowest BCUT2D eigenvalue weighted by Gasteiger charge is -2.07. The Balaban J connectivity index is 1.64. The summed E-state index contributed by atoms with van der Waals surface area (Å²) in [6, 6.07) is 15.9. The number of rotatable bonds is 6. The molecule has 24 heavy (non-hydrogen) atoms. The molecule has 0 aliphatic heterocycles. The summed E-state index contributed by atoms with van der Waals surface area (Å²) in [6.45, 7) is 2.61. The van der Waals surface area contributed by atoms with Crippen LogP contribution in [0.4, 0.5) is 0 Å². The van der Waals surface area contributed by atoms with E-state index in [1.54, 1.807) is 5.38 Å². The number of aromatic carboxylic acids is 1. The van der Waals surface area contributed by atoms with Crippen LogP contribution in [0.1, 0.15) is 28.5 Å². The first-order valence-corrected chi connectivity index (χ1v) is 8.53. The fourth-order valence-electron chi connectivity index (χ4n) is 2.24. The third-order valence-electron chi connectivity index (χ3n) is 3.66. The van der Waals surface area contributed by atoms with Crippen LogP contribution in [0, 0.1) is 0 Å². The van der Waals surface area contributed by atoms with Gasteiger partial charge in [-0.3, -0.25) is 0 Å². The van der Waals surface area contributed by atoms with Gasteiger partial charge in [-0.15, -0.1) is 11.3 Å². The quantitative estimate of drug-likeness (QED) is 0.710. The highest BCUT2D eigenvalue weighted by Crippen LogP contribution is 2.24. The van der Waals surface area contributed by atoms with E-state index < -0.39 is 5.97 Å². The van der Waals surface area contributed by atoms with E-state index in [0.717, 1.165) is 23.3 Å². The number of ether oxygens (including phenoxy) is 1. The molecule has 0 atom stereocenters. The molecule has 2 aromatic carbocycles. The molecule has 122 valence electrons. The second-order valence-corrected chi connectivity index (χ2v) is 6.18. The van der Waals surface area contributed by atoms with Crippen molar-refractivity contribution in [1.82, 2.24) is 4.98 Å². The van der Waals surface area contributed by atoms with Crippen molar-refractivity contribution in [2.24, 2.45) is 0 Å². The van der Waals surface area contributed by atoms with Gasteiger partial charge >= 0.3 is 5.97 Å². The number of aromatic nitrogens is 1. The topological polar surface area (TPSA) is 59.4 Å². The third-order valence-corrected chi connectivity index (χ3v) is 4.55. The zero-order valence-corrected chi connectivity index (χ0v) is 14.0. The molecule has 0 aliphatic carbocycles. The van der Waals surface area contributed by atoms with Crippen LogP contribution in [0.3, 0.4) is 0 Å². The maximum absolute atomic E-state index is 10.9. The van der Waals surface area contributed by atoms with Crippen LogP contribution in [0.2, 0.25) is 0 Å². The number of carboxylic acid groups (broad SMARTS) is 1. The molecule has 3 aromatic rings. The monoisotopic (exact) mass is 339 g/mol. The number of nitrogens with zero attached hydrogens (tertiary/aromatic N) is 1. The summed E-state index contributed by atoms with van der Waals surface area (Å²) in [4.78, 5) is 15.0. The maximum Gasteiger partial charge on any atom is 0.355 e. The van der Waals surface area contributed by atoms with Gasteiger partial charge in [0.05, 0.1) is 0 Å². The normalized spacial score (nSPS) is 10.5. The molecule has 3 rings (SSSR count). The van der Waals surface area contributed by atoms with Crippen LogP contribution >= 0.6 is 11.3 Å². The summed E-state index contributed by atoms with van der Waals surface area (Å²) in [7, 11) is 0. The first-order valence-electron chi connectivity index (χ1n) is 7.65. The van der Waals surface area contributed by atoms with Gasteiger partial charge in [0, 0.05) is 10.9 Å². The summed E-state index contributed by atoms with van der Waals surface area (Å²) in [5, 5.41) is 11.2. The number of benzene rings is 2. The number of carbonyl (C=O) groups is 1. The third kappa shape index (κ3) is 3.81. The maximum atomic E-state index is 10.9. The molecule has 0 amide bonds. The van der Waals surface area contributed by atoms with Crippen molar-refractivity contribution >= 4 is 17.3 Å². The zero-order valence-electron chi connectivity index (χ0n) is 13.2. The average Bonchev–Trinajstić information content (AvgIpc) is 3.11. The van der Waals surface area contributed by atoms with E-state index in [4.69, 9.17) is 9.84 Å². The molecule has 0 spiro atoms. The van der Waals surface area contributed by atoms with E-state index in [1.807, 2.05) is 36.4 Å². The van der Waals surface area contributed by atoms with Crippen molar-refractivity contribution in [2.45, 2.75) is 20.0 Å². The Morgan fingerprint density at radius 3 is 2.33 bits per heavy atom. The van der Waals surface area contributed by atoms with Gasteiger partial charge in [-0.05, 0) is 29.7 Å². The van der Waals surface area contributed by atoms with E-state index in [-0.39, 0.29) is 5.69 Å². The van der Waals surface area contributed by atoms with Crippen molar-refractivity contribution in [3.8, 4) is 16.3 Å². The van der Waals surface area contributed by atoms with Gasteiger partial charge < -0.3 is 9.84 Å². The number of hydrogen-bond acceptors (Lipinski definition) is 4. The largest absolute Gasteiger partial charge is 0.489 e. The number of aryl methyl sites for hydroxylation is 1. The number of thiazole rings is 1. The molecule has 0 aliphatic rings. The Morgan fingerprint density at radius 1 is 1.08 bits per heavy atom. The lowest BCUT2D eigenvalue weighted by molar-refractivity contribution is 0.0691. The molecule has 0 radical (unpaired) electrons. The molecule has 0 bridgehead atoms. The molecule has 0 saturated heterocycles. The Labute approximate surface area is 144 Å². The highest BCUT2D eigenvalue weighted by molar-refractivity contribution is 7.13. The Kier molecular flexibility index (Phi) is 4.91. The summed E-state index contributed by atoms with van der Waals surface area (Å²) >= 11 is 1.33. The van der Waals surface area contributed by atoms with Crippen molar-refractivity contribution in [3.63, 3.8) is 0 Å². The van der Waals surface area contributed by atoms with Gasteiger partial charge in [-0.1, -0.05) is 43.3 Å². The lowest BCUT2D eigenvalue weighted by Crippen LogP contribution is -1.96. The summed E-state index contributed by atoms with van der Waals surface area (Å²) in [6.07, 6.45) is 1.02. The van der Waals surface area contributed by atoms with Crippen molar-refractivity contribution in [1.29, 1.82) is 0 Å². The molecule has 1 aromatic heterocycles. The predicted molar refractivity (Wildman–Crippen MR) is 94.7 cm³/mol. The fraction of sp³-hybridized carbons (Fsp3) is 0.158. The van der Waals surface area contributed by atoms with Gasteiger partial charge in [0.25, 0.3) is 0 Å². The second-order valence-electron chi connectivity index (χ2n) is 5.33. The van der Waals surface area contributed by atoms with E-state index in [2.05, 4.69) is 24.0 Å². The standard InChI is InChI=1S/C19H17NO3S/c1-2-13-5-9-16(10-6-13)23-11-14-3-7-15(8-4-14)18-20-17(12-24-18)19(21)22/h3-10,12H,2,11H2,1H3,(H,21,22). The van der Waals surface area contributed by atoms with Gasteiger partial charge in [0.2, 0.25) is 0 Å². The molecular formula is C19H17NO3S. The van der Waals surface area contributed by atoms with E-state index in [1.165, 1.54) is 16.9 Å². The van der Waals surface area contributed by atoms with Crippen LogP contribution in [0.5, 0.6) is 5.75 Å². The average molecular weight is 339 g/mol. The molecule has 4 nitrogen and oxygen atoms in total. The van der Waals surface area contributed by atoms with E-state index >= 15 is 0 Å². The minimum Gasteiger partial charge on any atom is -0.489 e. The fourth-order valence-corrected chi connectivity index (χ4v) is 3.04. The van der Waals surface area contributed by atoms with Gasteiger partial charge in [-0.2, -0.15) is 0 Å². The van der Waals surface area contributed by atoms with Crippen LogP contribution in [0.15, 0.2) is 53.9 Å². The summed E-state index contributed by atoms with van der Waals surface area (Å²) in [5.41, 5.74) is 3.32. The predicted octanol–water partition coefficient (Wildman–Crippen LogP) is 4.65. The SMILES string of the molecule is CCc1ccc(OCc2ccc(-c3nc(C(=O)O)cs3)cc2)cc1. The first-order chi connectivity index (χ1) is 11.7. The van der Waals surface area contributed by atoms with E-state index in [0.29, 0.717) is 11.6 Å². The molecule has 0 saturated carbocycles. The minimum atomic E-state index is -1.00. The highest BCUT2D eigenvalue weighted by Gasteiger charge is 2.10. The number of hydrogen-bond donors (Lipinski definition) is 1. The molecule has 1 heterocycles. The Morgan fingerprint density at radius 2 is 1.75 bits per heavy atom. The van der Waals surface area contributed by atoms with Gasteiger partial charge in [0.15, 0.2) is 5.69 Å². The molecule has 0 fully saturated rings. The van der Waals surface area contributed by atoms with Crippen molar-refractivity contribution < 1.29 is 14.6 Å². The van der Waals surface area contributed by atoms with Gasteiger partial charge in [0.1, 0.15) is 17.4 Å². The molecule has 1 N–H and O–H groups in total. The zero-order chi connectivity index (χ0) is 16.9. The van der Waals surface area contributed by atoms with Crippen LogP contribution in [-0.4, -0.2) is 16.1 Å². The lowest BCUT2D eigenvalue weighted by atomic mass is 10.1. The second kappa shape index (κ2) is 7.27. The summed E-state index contributed by atoms with van der Waals surface area (Å²) < 4.78 is 5.78. The van der Waals surface area contributed by atoms with Crippen LogP contribution in [-0.2, 0) is 13.0 Å². The highest BCUT2D eigenvalue weighted by atomic mass is 32.1. The number of carboxylic acids is 1. The summed E-state index contributed by atoms with van der Waals surface area (Å²) in [5.74, 6) is -0.154. The molecule has 0 unspecified atom stereocenters.